The molecule has 1 fully saturated rings. The van der Waals surface area contributed by atoms with Crippen molar-refractivity contribution in [3.63, 3.8) is 0 Å². The molecule has 4 nitrogen and oxygen atoms in total. The normalized spacial score (nSPS) is 14.8. The predicted octanol–water partition coefficient (Wildman–Crippen LogP) is 2.23. The van der Waals surface area contributed by atoms with Gasteiger partial charge in [-0.2, -0.15) is 0 Å². The molecule has 1 aromatic rings. The molecule has 0 amide bonds. The van der Waals surface area contributed by atoms with Gasteiger partial charge in [0.1, 0.15) is 6.61 Å². The van der Waals surface area contributed by atoms with Crippen molar-refractivity contribution < 1.29 is 4.74 Å². The topological polar surface area (TPSA) is 37.4 Å². The van der Waals surface area contributed by atoms with Crippen LogP contribution in [0.5, 0.6) is 5.88 Å². The Morgan fingerprint density at radius 3 is 2.85 bits per heavy atom. The number of hydrogen-bond donors (Lipinski definition) is 1. The van der Waals surface area contributed by atoms with Crippen LogP contribution in [0.1, 0.15) is 37.4 Å². The molecule has 0 aliphatic heterocycles. The molecule has 0 bridgehead atoms. The highest BCUT2D eigenvalue weighted by Crippen LogP contribution is 2.24. The number of aryl methyl sites for hydroxylation is 1. The molecular weight excluding hydrogens is 250 g/mol. The number of ether oxygens (including phenoxy) is 1. The summed E-state index contributed by atoms with van der Waals surface area (Å²) in [6, 6.07) is 5.01. The van der Waals surface area contributed by atoms with Crippen molar-refractivity contribution in [3.8, 4) is 5.88 Å². The Morgan fingerprint density at radius 1 is 1.40 bits per heavy atom. The summed E-state index contributed by atoms with van der Waals surface area (Å²) in [7, 11) is 4.14. The quantitative estimate of drug-likeness (QED) is 0.751. The van der Waals surface area contributed by atoms with E-state index in [2.05, 4.69) is 35.2 Å². The van der Waals surface area contributed by atoms with E-state index < -0.39 is 0 Å². The predicted molar refractivity (Wildman–Crippen MR) is 82.1 cm³/mol. The minimum absolute atomic E-state index is 0.717. The SMILES string of the molecule is CCCc1cc(CNC)cc(OCCN(C)C2CC2)n1. The summed E-state index contributed by atoms with van der Waals surface area (Å²) in [6.07, 6.45) is 4.80. The zero-order valence-electron chi connectivity index (χ0n) is 13.0. The molecule has 0 atom stereocenters. The second-order valence-corrected chi connectivity index (χ2v) is 5.65. The average molecular weight is 277 g/mol. The smallest absolute Gasteiger partial charge is 0.213 e. The Labute approximate surface area is 122 Å². The van der Waals surface area contributed by atoms with Crippen LogP contribution in [0.2, 0.25) is 0 Å². The summed E-state index contributed by atoms with van der Waals surface area (Å²) >= 11 is 0. The molecule has 1 aliphatic rings. The molecule has 0 radical (unpaired) electrons. The van der Waals surface area contributed by atoms with Gasteiger partial charge in [0.15, 0.2) is 0 Å². The summed E-state index contributed by atoms with van der Waals surface area (Å²) in [6.45, 7) is 4.73. The second-order valence-electron chi connectivity index (χ2n) is 5.65. The zero-order chi connectivity index (χ0) is 14.4. The van der Waals surface area contributed by atoms with Gasteiger partial charge in [-0.05, 0) is 45.0 Å². The van der Waals surface area contributed by atoms with Crippen LogP contribution in [0.4, 0.5) is 0 Å². The third-order valence-corrected chi connectivity index (χ3v) is 3.67. The van der Waals surface area contributed by atoms with Crippen molar-refractivity contribution in [3.05, 3.63) is 23.4 Å². The number of nitrogens with zero attached hydrogens (tertiary/aromatic N) is 2. The van der Waals surface area contributed by atoms with E-state index in [9.17, 15) is 0 Å². The number of rotatable bonds is 9. The van der Waals surface area contributed by atoms with E-state index in [4.69, 9.17) is 4.74 Å². The fraction of sp³-hybridized carbons (Fsp3) is 0.688. The molecule has 1 N–H and O–H groups in total. The molecule has 20 heavy (non-hydrogen) atoms. The summed E-state index contributed by atoms with van der Waals surface area (Å²) in [5.41, 5.74) is 2.38. The molecule has 1 aromatic heterocycles. The first-order chi connectivity index (χ1) is 9.72. The van der Waals surface area contributed by atoms with Crippen LogP contribution >= 0.6 is 0 Å². The highest BCUT2D eigenvalue weighted by atomic mass is 16.5. The maximum absolute atomic E-state index is 5.85. The van der Waals surface area contributed by atoms with Gasteiger partial charge in [0.05, 0.1) is 0 Å². The van der Waals surface area contributed by atoms with Gasteiger partial charge in [-0.15, -0.1) is 0 Å². The lowest BCUT2D eigenvalue weighted by Gasteiger charge is -2.16. The molecule has 1 heterocycles. The van der Waals surface area contributed by atoms with Crippen molar-refractivity contribution in [2.75, 3.05) is 27.2 Å². The van der Waals surface area contributed by atoms with Crippen LogP contribution in [-0.4, -0.2) is 43.2 Å². The van der Waals surface area contributed by atoms with Gasteiger partial charge < -0.3 is 15.0 Å². The number of pyridine rings is 1. The molecule has 0 aromatic carbocycles. The molecule has 2 rings (SSSR count). The molecule has 0 saturated heterocycles. The highest BCUT2D eigenvalue weighted by molar-refractivity contribution is 5.25. The lowest BCUT2D eigenvalue weighted by Crippen LogP contribution is -2.26. The van der Waals surface area contributed by atoms with E-state index in [-0.39, 0.29) is 0 Å². The van der Waals surface area contributed by atoms with Crippen LogP contribution in [-0.2, 0) is 13.0 Å². The first kappa shape index (κ1) is 15.3. The van der Waals surface area contributed by atoms with Crippen molar-refractivity contribution in [1.29, 1.82) is 0 Å². The van der Waals surface area contributed by atoms with E-state index in [1.54, 1.807) is 0 Å². The Bertz CT molecular complexity index is 394. The standard InChI is InChI=1S/C16H27N3O/c1-4-5-14-10-13(12-17-2)11-16(18-14)20-9-8-19(3)15-6-7-15/h10-11,15,17H,4-9,12H2,1-3H3. The minimum atomic E-state index is 0.717. The van der Waals surface area contributed by atoms with E-state index >= 15 is 0 Å². The van der Waals surface area contributed by atoms with Gasteiger partial charge >= 0.3 is 0 Å². The van der Waals surface area contributed by atoms with Gasteiger partial charge in [0.2, 0.25) is 5.88 Å². The molecule has 4 heteroatoms. The third kappa shape index (κ3) is 4.76. The summed E-state index contributed by atoms with van der Waals surface area (Å²) < 4.78 is 5.85. The molecule has 1 saturated carbocycles. The molecule has 1 aliphatic carbocycles. The monoisotopic (exact) mass is 277 g/mol. The summed E-state index contributed by atoms with van der Waals surface area (Å²) in [4.78, 5) is 6.97. The van der Waals surface area contributed by atoms with Crippen molar-refractivity contribution in [2.24, 2.45) is 0 Å². The van der Waals surface area contributed by atoms with Crippen LogP contribution in [0.25, 0.3) is 0 Å². The fourth-order valence-electron chi connectivity index (χ4n) is 2.38. The number of aromatic nitrogens is 1. The molecular formula is C16H27N3O. The van der Waals surface area contributed by atoms with Crippen molar-refractivity contribution in [1.82, 2.24) is 15.2 Å². The van der Waals surface area contributed by atoms with Crippen LogP contribution in [0.15, 0.2) is 12.1 Å². The van der Waals surface area contributed by atoms with Gasteiger partial charge in [-0.3, -0.25) is 0 Å². The molecule has 0 unspecified atom stereocenters. The van der Waals surface area contributed by atoms with E-state index in [0.717, 1.165) is 43.5 Å². The molecule has 112 valence electrons. The minimum Gasteiger partial charge on any atom is -0.476 e. The Kier molecular flexibility index (Phi) is 5.80. The third-order valence-electron chi connectivity index (χ3n) is 3.67. The lowest BCUT2D eigenvalue weighted by molar-refractivity contribution is 0.226. The van der Waals surface area contributed by atoms with E-state index in [1.807, 2.05) is 13.1 Å². The Hall–Kier alpha value is -1.13. The van der Waals surface area contributed by atoms with E-state index in [0.29, 0.717) is 6.61 Å². The highest BCUT2D eigenvalue weighted by Gasteiger charge is 2.25. The fourth-order valence-corrected chi connectivity index (χ4v) is 2.38. The number of likely N-dealkylation sites (N-methyl/N-ethyl adjacent to an activating group) is 1. The van der Waals surface area contributed by atoms with Crippen molar-refractivity contribution in [2.45, 2.75) is 45.2 Å². The largest absolute Gasteiger partial charge is 0.476 e. The van der Waals surface area contributed by atoms with Crippen molar-refractivity contribution >= 4 is 0 Å². The lowest BCUT2D eigenvalue weighted by atomic mass is 10.1. The van der Waals surface area contributed by atoms with Gasteiger partial charge in [-0.25, -0.2) is 4.98 Å². The first-order valence-electron chi connectivity index (χ1n) is 7.70. The Balaban J connectivity index is 1.90. The van der Waals surface area contributed by atoms with Gasteiger partial charge in [-0.1, -0.05) is 13.3 Å². The second kappa shape index (κ2) is 7.60. The number of hydrogen-bond acceptors (Lipinski definition) is 4. The maximum atomic E-state index is 5.85. The van der Waals surface area contributed by atoms with Crippen LogP contribution in [0.3, 0.4) is 0 Å². The summed E-state index contributed by atoms with van der Waals surface area (Å²) in [5.74, 6) is 0.769. The maximum Gasteiger partial charge on any atom is 0.213 e. The average Bonchev–Trinajstić information content (AvgIpc) is 3.23. The zero-order valence-corrected chi connectivity index (χ0v) is 13.0. The van der Waals surface area contributed by atoms with Crippen LogP contribution < -0.4 is 10.1 Å². The number of nitrogens with one attached hydrogen (secondary N) is 1. The molecule has 0 spiro atoms. The van der Waals surface area contributed by atoms with Crippen LogP contribution in [0, 0.1) is 0 Å². The summed E-state index contributed by atoms with van der Waals surface area (Å²) in [5, 5.41) is 3.19. The van der Waals surface area contributed by atoms with E-state index in [1.165, 1.54) is 18.4 Å². The van der Waals surface area contributed by atoms with Gasteiger partial charge in [0, 0.05) is 30.9 Å². The van der Waals surface area contributed by atoms with Gasteiger partial charge in [0.25, 0.3) is 0 Å². The first-order valence-corrected chi connectivity index (χ1v) is 7.70. The Morgan fingerprint density at radius 2 is 2.20 bits per heavy atom.